The van der Waals surface area contributed by atoms with E-state index in [9.17, 15) is 18.3 Å². The highest BCUT2D eigenvalue weighted by molar-refractivity contribution is 7.85. The molecular weight excluding hydrogens is 564 g/mol. The lowest BCUT2D eigenvalue weighted by atomic mass is 9.90. The summed E-state index contributed by atoms with van der Waals surface area (Å²) in [7, 11) is -4.00. The van der Waals surface area contributed by atoms with Crippen LogP contribution in [0.3, 0.4) is 0 Å². The van der Waals surface area contributed by atoms with E-state index in [0.29, 0.717) is 5.56 Å². The average molecular weight is 602 g/mol. The standard InChI is InChI=1S/C28H30N2O3.C6H6O3S/c1-5-29(6-2)19-13-15-23-25(17-19)33-26-18-20(30(7-3)8-4)14-16-24(26)27(23)21-11-9-10-12-22(21)28(31)32;7-10(8,9)6-4-2-1-3-5-6/h9-18H,5-8H2,1-4H3;1-5H,(H,7,8,9)/p+1. The second-order valence-corrected chi connectivity index (χ2v) is 11.2. The van der Waals surface area contributed by atoms with Crippen LogP contribution in [-0.4, -0.2) is 50.2 Å². The fourth-order valence-electron chi connectivity index (χ4n) is 5.21. The van der Waals surface area contributed by atoms with Crippen LogP contribution < -0.4 is 14.8 Å². The van der Waals surface area contributed by atoms with Crippen LogP contribution in [0.1, 0.15) is 38.1 Å². The van der Waals surface area contributed by atoms with Crippen LogP contribution in [0.5, 0.6) is 0 Å². The van der Waals surface area contributed by atoms with Gasteiger partial charge in [0.1, 0.15) is 24.4 Å². The molecule has 8 nitrogen and oxygen atoms in total. The molecule has 0 aromatic heterocycles. The lowest BCUT2D eigenvalue weighted by molar-refractivity contribution is 0.0697. The number of nitrogens with zero attached hydrogens (tertiary/aromatic N) is 2. The summed E-state index contributed by atoms with van der Waals surface area (Å²) in [4.78, 5) is 14.3. The van der Waals surface area contributed by atoms with Crippen LogP contribution in [0.15, 0.2) is 100 Å². The van der Waals surface area contributed by atoms with E-state index in [4.69, 9.17) is 8.97 Å². The maximum Gasteiger partial charge on any atom is 0.336 e. The summed E-state index contributed by atoms with van der Waals surface area (Å²) in [6.07, 6.45) is 0. The van der Waals surface area contributed by atoms with Crippen molar-refractivity contribution in [1.29, 1.82) is 0 Å². The van der Waals surface area contributed by atoms with Gasteiger partial charge in [0.25, 0.3) is 10.1 Å². The molecule has 43 heavy (non-hydrogen) atoms. The lowest BCUT2D eigenvalue weighted by Crippen LogP contribution is -2.29. The Balaban J connectivity index is 0.000000359. The predicted molar refractivity (Wildman–Crippen MR) is 171 cm³/mol. The number of aromatic carboxylic acids is 1. The Kier molecular flexibility index (Phi) is 10.0. The van der Waals surface area contributed by atoms with E-state index in [1.807, 2.05) is 12.1 Å². The third-order valence-corrected chi connectivity index (χ3v) is 8.28. The summed E-state index contributed by atoms with van der Waals surface area (Å²) < 4.78 is 38.0. The van der Waals surface area contributed by atoms with Gasteiger partial charge >= 0.3 is 5.97 Å². The highest BCUT2D eigenvalue weighted by Crippen LogP contribution is 2.42. The number of hydrogen-bond acceptors (Lipinski definition) is 5. The van der Waals surface area contributed by atoms with Crippen molar-refractivity contribution in [1.82, 2.24) is 4.58 Å². The minimum Gasteiger partial charge on any atom is -0.478 e. The molecule has 0 unspecified atom stereocenters. The number of anilines is 1. The molecule has 2 N–H and O–H groups in total. The van der Waals surface area contributed by atoms with Crippen LogP contribution in [0.2, 0.25) is 0 Å². The van der Waals surface area contributed by atoms with Gasteiger partial charge in [-0.25, -0.2) is 9.37 Å². The van der Waals surface area contributed by atoms with E-state index in [0.717, 1.165) is 65.1 Å². The molecule has 1 heterocycles. The predicted octanol–water partition coefficient (Wildman–Crippen LogP) is 6.49. The summed E-state index contributed by atoms with van der Waals surface area (Å²) >= 11 is 0. The highest BCUT2D eigenvalue weighted by Gasteiger charge is 2.22. The molecule has 0 amide bonds. The minimum absolute atomic E-state index is 0.0741. The van der Waals surface area contributed by atoms with Crippen LogP contribution in [0.4, 0.5) is 5.69 Å². The quantitative estimate of drug-likeness (QED) is 0.119. The first-order chi connectivity index (χ1) is 20.6. The lowest BCUT2D eigenvalue weighted by Gasteiger charge is -2.22. The first-order valence-corrected chi connectivity index (χ1v) is 15.8. The normalized spacial score (nSPS) is 11.2. The molecule has 0 atom stereocenters. The fourth-order valence-corrected chi connectivity index (χ4v) is 5.71. The maximum atomic E-state index is 12.1. The van der Waals surface area contributed by atoms with E-state index < -0.39 is 16.1 Å². The van der Waals surface area contributed by atoms with E-state index in [1.54, 1.807) is 30.3 Å². The molecule has 0 saturated heterocycles. The Morgan fingerprint density at radius 3 is 2.05 bits per heavy atom. The molecule has 1 aliphatic carbocycles. The molecular formula is C34H37N2O6S+. The van der Waals surface area contributed by atoms with Crippen LogP contribution >= 0.6 is 0 Å². The molecule has 3 aromatic carbocycles. The Morgan fingerprint density at radius 1 is 0.814 bits per heavy atom. The summed E-state index contributed by atoms with van der Waals surface area (Å²) in [6, 6.07) is 27.0. The largest absolute Gasteiger partial charge is 0.478 e. The Labute approximate surface area is 252 Å². The van der Waals surface area contributed by atoms with Crippen molar-refractivity contribution in [2.45, 2.75) is 32.6 Å². The summed E-state index contributed by atoms with van der Waals surface area (Å²) in [5.41, 5.74) is 4.62. The van der Waals surface area contributed by atoms with Crippen LogP contribution in [-0.2, 0) is 10.1 Å². The number of hydrogen-bond donors (Lipinski definition) is 2. The second-order valence-electron chi connectivity index (χ2n) is 9.82. The number of fused-ring (bicyclic) bond motifs is 2. The van der Waals surface area contributed by atoms with Gasteiger partial charge in [-0.15, -0.1) is 0 Å². The summed E-state index contributed by atoms with van der Waals surface area (Å²) in [6.45, 7) is 12.1. The van der Waals surface area contributed by atoms with Gasteiger partial charge in [0.15, 0.2) is 0 Å². The molecule has 2 aliphatic rings. The minimum atomic E-state index is -4.00. The van der Waals surface area contributed by atoms with Crippen molar-refractivity contribution in [3.63, 3.8) is 0 Å². The van der Waals surface area contributed by atoms with Gasteiger partial charge in [0.2, 0.25) is 5.36 Å². The van der Waals surface area contributed by atoms with Gasteiger partial charge < -0.3 is 14.4 Å². The van der Waals surface area contributed by atoms with E-state index in [1.165, 1.54) is 12.1 Å². The smallest absolute Gasteiger partial charge is 0.336 e. The zero-order valence-corrected chi connectivity index (χ0v) is 25.6. The Morgan fingerprint density at radius 2 is 1.47 bits per heavy atom. The Bertz CT molecular complexity index is 1870. The molecule has 0 radical (unpaired) electrons. The van der Waals surface area contributed by atoms with E-state index in [-0.39, 0.29) is 10.5 Å². The van der Waals surface area contributed by atoms with Gasteiger partial charge in [0.05, 0.1) is 16.5 Å². The van der Waals surface area contributed by atoms with Crippen molar-refractivity contribution in [2.75, 3.05) is 31.1 Å². The highest BCUT2D eigenvalue weighted by atomic mass is 32.2. The molecule has 1 aliphatic heterocycles. The molecule has 224 valence electrons. The zero-order valence-electron chi connectivity index (χ0n) is 24.8. The monoisotopic (exact) mass is 601 g/mol. The van der Waals surface area contributed by atoms with Crippen molar-refractivity contribution in [3.8, 4) is 22.5 Å². The van der Waals surface area contributed by atoms with Gasteiger partial charge in [-0.2, -0.15) is 8.42 Å². The van der Waals surface area contributed by atoms with Gasteiger partial charge in [-0.3, -0.25) is 4.55 Å². The number of carboxylic acids is 1. The fraction of sp³-hybridized carbons (Fsp3) is 0.235. The molecule has 9 heteroatoms. The first kappa shape index (κ1) is 31.5. The first-order valence-electron chi connectivity index (χ1n) is 14.3. The molecule has 0 bridgehead atoms. The van der Waals surface area contributed by atoms with Gasteiger partial charge in [-0.1, -0.05) is 36.4 Å². The molecule has 3 aromatic rings. The SMILES string of the molecule is CCN(CC)c1ccc2c(-c3ccccc3C(=O)O)c3ccc(=[N+](CC)CC)cc-3oc2c1.O=S(=O)(O)c1ccccc1. The van der Waals surface area contributed by atoms with Crippen LogP contribution in [0.25, 0.3) is 33.4 Å². The van der Waals surface area contributed by atoms with Crippen LogP contribution in [0, 0.1) is 0 Å². The average Bonchev–Trinajstić information content (AvgIpc) is 3.01. The van der Waals surface area contributed by atoms with Gasteiger partial charge in [0, 0.05) is 47.4 Å². The van der Waals surface area contributed by atoms with E-state index >= 15 is 0 Å². The topological polar surface area (TPSA) is 111 Å². The zero-order chi connectivity index (χ0) is 31.1. The van der Waals surface area contributed by atoms with Crippen molar-refractivity contribution >= 4 is 32.7 Å². The van der Waals surface area contributed by atoms with Crippen molar-refractivity contribution in [3.05, 3.63) is 102 Å². The van der Waals surface area contributed by atoms with Crippen molar-refractivity contribution in [2.24, 2.45) is 0 Å². The molecule has 5 rings (SSSR count). The maximum absolute atomic E-state index is 12.1. The third kappa shape index (κ3) is 6.96. The van der Waals surface area contributed by atoms with Crippen molar-refractivity contribution < 1.29 is 27.3 Å². The number of rotatable bonds is 8. The third-order valence-electron chi connectivity index (χ3n) is 7.41. The van der Waals surface area contributed by atoms with E-state index in [2.05, 4.69) is 73.6 Å². The molecule has 0 fully saturated rings. The number of carbonyl (C=O) groups is 1. The molecule has 0 spiro atoms. The van der Waals surface area contributed by atoms with Gasteiger partial charge in [-0.05, 0) is 69.7 Å². The molecule has 0 saturated carbocycles. The summed E-state index contributed by atoms with van der Waals surface area (Å²) in [5, 5.41) is 11.9. The number of benzene rings is 4. The number of carboxylic acid groups (broad SMARTS) is 1. The second kappa shape index (κ2) is 13.7. The summed E-state index contributed by atoms with van der Waals surface area (Å²) in [5.74, 6) is -0.189. The Hall–Kier alpha value is -4.47.